The number of pyridine rings is 1. The molecule has 21 heavy (non-hydrogen) atoms. The molecule has 3 rings (SSSR count). The fourth-order valence-electron chi connectivity index (χ4n) is 2.84. The first kappa shape index (κ1) is 13.6. The van der Waals surface area contributed by atoms with Gasteiger partial charge in [-0.3, -0.25) is 4.79 Å². The second-order valence-electron chi connectivity index (χ2n) is 5.04. The van der Waals surface area contributed by atoms with Crippen LogP contribution in [0.5, 0.6) is 0 Å². The molecule has 0 saturated carbocycles. The SMILES string of the molecule is CNC1CN(C(=O)O)Cc2[nH]c(=O)c3cc(F)ccc3c21. The molecular weight excluding hydrogens is 277 g/mol. The van der Waals surface area contributed by atoms with E-state index in [0.717, 1.165) is 5.56 Å². The van der Waals surface area contributed by atoms with Gasteiger partial charge in [-0.2, -0.15) is 0 Å². The monoisotopic (exact) mass is 291 g/mol. The number of H-pyrrole nitrogens is 1. The van der Waals surface area contributed by atoms with Crippen LogP contribution in [0.15, 0.2) is 23.0 Å². The summed E-state index contributed by atoms with van der Waals surface area (Å²) in [6, 6.07) is 3.82. The lowest BCUT2D eigenvalue weighted by Gasteiger charge is -2.33. The van der Waals surface area contributed by atoms with Gasteiger partial charge in [0.15, 0.2) is 0 Å². The number of rotatable bonds is 1. The van der Waals surface area contributed by atoms with Gasteiger partial charge in [0.05, 0.1) is 18.0 Å². The van der Waals surface area contributed by atoms with E-state index in [1.165, 1.54) is 17.0 Å². The molecule has 1 aromatic heterocycles. The first-order chi connectivity index (χ1) is 10.0. The molecule has 0 bridgehead atoms. The number of carboxylic acid groups (broad SMARTS) is 1. The zero-order valence-corrected chi connectivity index (χ0v) is 11.3. The number of likely N-dealkylation sites (N-methyl/N-ethyl adjacent to an activating group) is 1. The van der Waals surface area contributed by atoms with Crippen molar-refractivity contribution in [1.82, 2.24) is 15.2 Å². The standard InChI is InChI=1S/C14H14FN3O3/c1-16-10-5-18(14(20)21)6-11-12(10)8-3-2-7(15)4-9(8)13(19)17-11/h2-4,10,16H,5-6H2,1H3,(H,17,19)(H,20,21). The van der Waals surface area contributed by atoms with Crippen molar-refractivity contribution in [3.8, 4) is 0 Å². The fourth-order valence-corrected chi connectivity index (χ4v) is 2.84. The number of nitrogens with one attached hydrogen (secondary N) is 2. The zero-order chi connectivity index (χ0) is 15.1. The summed E-state index contributed by atoms with van der Waals surface area (Å²) in [4.78, 5) is 27.2. The lowest BCUT2D eigenvalue weighted by Crippen LogP contribution is -2.42. The average molecular weight is 291 g/mol. The lowest BCUT2D eigenvalue weighted by molar-refractivity contribution is 0.131. The van der Waals surface area contributed by atoms with Crippen molar-refractivity contribution in [3.05, 3.63) is 45.6 Å². The van der Waals surface area contributed by atoms with E-state index >= 15 is 0 Å². The van der Waals surface area contributed by atoms with E-state index in [2.05, 4.69) is 10.3 Å². The minimum absolute atomic E-state index is 0.116. The topological polar surface area (TPSA) is 85.4 Å². The van der Waals surface area contributed by atoms with Crippen molar-refractivity contribution in [2.75, 3.05) is 13.6 Å². The molecule has 1 atom stereocenters. The molecule has 0 spiro atoms. The van der Waals surface area contributed by atoms with Gasteiger partial charge in [0, 0.05) is 17.8 Å². The number of aromatic nitrogens is 1. The van der Waals surface area contributed by atoms with Crippen molar-refractivity contribution in [3.63, 3.8) is 0 Å². The number of nitrogens with zero attached hydrogens (tertiary/aromatic N) is 1. The van der Waals surface area contributed by atoms with E-state index in [9.17, 15) is 14.0 Å². The number of hydrogen-bond acceptors (Lipinski definition) is 3. The van der Waals surface area contributed by atoms with Crippen molar-refractivity contribution in [2.45, 2.75) is 12.6 Å². The molecule has 0 fully saturated rings. The Morgan fingerprint density at radius 2 is 2.24 bits per heavy atom. The summed E-state index contributed by atoms with van der Waals surface area (Å²) in [5.74, 6) is -0.475. The Kier molecular flexibility index (Phi) is 3.13. The van der Waals surface area contributed by atoms with E-state index in [1.807, 2.05) is 0 Å². The molecule has 110 valence electrons. The zero-order valence-electron chi connectivity index (χ0n) is 11.3. The van der Waals surface area contributed by atoms with E-state index in [-0.39, 0.29) is 24.5 Å². The van der Waals surface area contributed by atoms with E-state index in [0.29, 0.717) is 11.1 Å². The first-order valence-corrected chi connectivity index (χ1v) is 6.50. The van der Waals surface area contributed by atoms with Crippen LogP contribution in [0.3, 0.4) is 0 Å². The normalized spacial score (nSPS) is 17.8. The fraction of sp³-hybridized carbons (Fsp3) is 0.286. The summed E-state index contributed by atoms with van der Waals surface area (Å²) in [5.41, 5.74) is 0.960. The Morgan fingerprint density at radius 1 is 1.48 bits per heavy atom. The molecule has 3 N–H and O–H groups in total. The molecular formula is C14H14FN3O3. The van der Waals surface area contributed by atoms with Gasteiger partial charge < -0.3 is 20.3 Å². The smallest absolute Gasteiger partial charge is 0.407 e. The number of amides is 1. The molecule has 0 radical (unpaired) electrons. The molecule has 1 aliphatic rings. The van der Waals surface area contributed by atoms with Gasteiger partial charge in [-0.05, 0) is 24.6 Å². The summed E-state index contributed by atoms with van der Waals surface area (Å²) in [6.45, 7) is 0.392. The molecule has 1 amide bonds. The second-order valence-corrected chi connectivity index (χ2v) is 5.04. The highest BCUT2D eigenvalue weighted by Gasteiger charge is 2.29. The predicted octanol–water partition coefficient (Wildman–Crippen LogP) is 1.42. The Bertz CT molecular complexity index is 787. The molecule has 7 heteroatoms. The molecule has 0 aliphatic carbocycles. The summed E-state index contributed by atoms with van der Waals surface area (Å²) in [6.07, 6.45) is -1.04. The number of benzene rings is 1. The van der Waals surface area contributed by atoms with Crippen LogP contribution >= 0.6 is 0 Å². The van der Waals surface area contributed by atoms with Crippen molar-refractivity contribution in [1.29, 1.82) is 0 Å². The molecule has 1 aromatic carbocycles. The summed E-state index contributed by atoms with van der Waals surface area (Å²) in [5, 5.41) is 13.1. The third-order valence-electron chi connectivity index (χ3n) is 3.83. The number of halogens is 1. The maximum absolute atomic E-state index is 13.3. The summed E-state index contributed by atoms with van der Waals surface area (Å²) < 4.78 is 13.3. The van der Waals surface area contributed by atoms with Crippen LogP contribution in [0.1, 0.15) is 17.3 Å². The molecule has 2 aromatic rings. The molecule has 1 unspecified atom stereocenters. The second kappa shape index (κ2) is 4.85. The van der Waals surface area contributed by atoms with Crippen molar-refractivity contribution in [2.24, 2.45) is 0 Å². The lowest BCUT2D eigenvalue weighted by atomic mass is 9.94. The highest BCUT2D eigenvalue weighted by Crippen LogP contribution is 2.30. The summed E-state index contributed by atoms with van der Waals surface area (Å²) >= 11 is 0. The number of aromatic amines is 1. The minimum Gasteiger partial charge on any atom is -0.465 e. The van der Waals surface area contributed by atoms with Crippen LogP contribution in [0, 0.1) is 5.82 Å². The Labute approximate surface area is 119 Å². The number of hydrogen-bond donors (Lipinski definition) is 3. The summed E-state index contributed by atoms with van der Waals surface area (Å²) in [7, 11) is 1.72. The van der Waals surface area contributed by atoms with Gasteiger partial charge >= 0.3 is 6.09 Å². The third kappa shape index (κ3) is 2.15. The number of fused-ring (bicyclic) bond motifs is 3. The number of carbonyl (C=O) groups is 1. The first-order valence-electron chi connectivity index (χ1n) is 6.50. The Hall–Kier alpha value is -2.41. The Balaban J connectivity index is 2.28. The molecule has 6 nitrogen and oxygen atoms in total. The van der Waals surface area contributed by atoms with Crippen LogP contribution in [0.25, 0.3) is 10.8 Å². The van der Waals surface area contributed by atoms with E-state index in [1.54, 1.807) is 13.1 Å². The Morgan fingerprint density at radius 3 is 2.90 bits per heavy atom. The van der Waals surface area contributed by atoms with Crippen molar-refractivity contribution < 1.29 is 14.3 Å². The molecule has 2 heterocycles. The van der Waals surface area contributed by atoms with Gasteiger partial charge in [-0.1, -0.05) is 6.07 Å². The quantitative estimate of drug-likeness (QED) is 0.742. The average Bonchev–Trinajstić information content (AvgIpc) is 2.46. The van der Waals surface area contributed by atoms with Gasteiger partial charge in [-0.15, -0.1) is 0 Å². The highest BCUT2D eigenvalue weighted by atomic mass is 19.1. The predicted molar refractivity (Wildman–Crippen MR) is 74.8 cm³/mol. The van der Waals surface area contributed by atoms with Crippen LogP contribution < -0.4 is 10.9 Å². The van der Waals surface area contributed by atoms with Crippen LogP contribution in [-0.2, 0) is 6.54 Å². The van der Waals surface area contributed by atoms with Gasteiger partial charge in [0.2, 0.25) is 0 Å². The van der Waals surface area contributed by atoms with Crippen LogP contribution in [-0.4, -0.2) is 34.7 Å². The molecule has 1 aliphatic heterocycles. The maximum Gasteiger partial charge on any atom is 0.407 e. The molecule has 0 saturated heterocycles. The van der Waals surface area contributed by atoms with Gasteiger partial charge in [0.25, 0.3) is 5.56 Å². The van der Waals surface area contributed by atoms with Crippen LogP contribution in [0.4, 0.5) is 9.18 Å². The highest BCUT2D eigenvalue weighted by molar-refractivity contribution is 5.86. The third-order valence-corrected chi connectivity index (χ3v) is 3.83. The maximum atomic E-state index is 13.3. The largest absolute Gasteiger partial charge is 0.465 e. The van der Waals surface area contributed by atoms with Gasteiger partial charge in [-0.25, -0.2) is 9.18 Å². The van der Waals surface area contributed by atoms with Crippen molar-refractivity contribution >= 4 is 16.9 Å². The van der Waals surface area contributed by atoms with E-state index in [4.69, 9.17) is 5.11 Å². The van der Waals surface area contributed by atoms with Crippen LogP contribution in [0.2, 0.25) is 0 Å². The minimum atomic E-state index is -1.04. The van der Waals surface area contributed by atoms with E-state index < -0.39 is 17.5 Å². The van der Waals surface area contributed by atoms with Gasteiger partial charge in [0.1, 0.15) is 5.82 Å².